The fourth-order valence-corrected chi connectivity index (χ4v) is 3.25. The fraction of sp³-hybridized carbons (Fsp3) is 0.286. The highest BCUT2D eigenvalue weighted by Gasteiger charge is 2.25. The number of nitrogens with zero attached hydrogens (tertiary/aromatic N) is 1. The molecule has 3 nitrogen and oxygen atoms in total. The molecule has 0 bridgehead atoms. The fourth-order valence-electron chi connectivity index (χ4n) is 1.13. The summed E-state index contributed by atoms with van der Waals surface area (Å²) in [7, 11) is 0.862. The largest absolute Gasteiger partial charge is 0.265 e. The molecular weight excluding hydrogens is 363 g/mol. The van der Waals surface area contributed by atoms with Crippen LogP contribution in [0.2, 0.25) is 0 Å². The molecule has 0 N–H and O–H groups in total. The maximum Gasteiger partial charge on any atom is 0.265 e. The van der Waals surface area contributed by atoms with Gasteiger partial charge in [-0.2, -0.15) is 0 Å². The molecule has 1 rings (SSSR count). The molecule has 0 atom stereocenters. The van der Waals surface area contributed by atoms with Gasteiger partial charge in [-0.1, -0.05) is 0 Å². The Labute approximate surface area is 103 Å². The zero-order valence-corrected chi connectivity index (χ0v) is 11.1. The molecule has 0 aliphatic heterocycles. The van der Waals surface area contributed by atoms with E-state index in [1.165, 1.54) is 6.92 Å². The molecule has 0 saturated heterocycles. The van der Waals surface area contributed by atoms with E-state index in [4.69, 9.17) is 10.7 Å². The minimum Gasteiger partial charge on any atom is -0.246 e. The van der Waals surface area contributed by atoms with Crippen LogP contribution in [0.1, 0.15) is 17.7 Å². The minimum absolute atomic E-state index is 0.0211. The Bertz CT molecular complexity index is 492. The first-order valence-corrected chi connectivity index (χ1v) is 7.02. The quantitative estimate of drug-likeness (QED) is 0.459. The Hall–Kier alpha value is -0.0200. The molecule has 0 amide bonds. The van der Waals surface area contributed by atoms with E-state index in [-0.39, 0.29) is 5.69 Å². The average molecular weight is 368 g/mol. The molecule has 15 heavy (non-hydrogen) atoms. The van der Waals surface area contributed by atoms with Crippen molar-refractivity contribution in [2.24, 2.45) is 0 Å². The van der Waals surface area contributed by atoms with Crippen LogP contribution in [0.5, 0.6) is 0 Å². The van der Waals surface area contributed by atoms with Crippen LogP contribution in [0.15, 0.2) is 11.0 Å². The molecule has 0 aromatic carbocycles. The Balaban J connectivity index is 3.62. The molecular formula is C7H5ClF2INO2S. The van der Waals surface area contributed by atoms with Gasteiger partial charge in [0, 0.05) is 16.2 Å². The van der Waals surface area contributed by atoms with Gasteiger partial charge in [0.05, 0.1) is 5.69 Å². The molecule has 1 aromatic rings. The Morgan fingerprint density at radius 3 is 2.47 bits per heavy atom. The average Bonchev–Trinajstić information content (AvgIpc) is 1.99. The van der Waals surface area contributed by atoms with Gasteiger partial charge in [-0.15, -0.1) is 0 Å². The predicted molar refractivity (Wildman–Crippen MR) is 59.7 cm³/mol. The molecule has 0 saturated carbocycles. The van der Waals surface area contributed by atoms with Gasteiger partial charge in [-0.25, -0.2) is 22.2 Å². The van der Waals surface area contributed by atoms with Gasteiger partial charge in [-0.05, 0) is 35.6 Å². The molecule has 8 heteroatoms. The van der Waals surface area contributed by atoms with Crippen LogP contribution >= 0.6 is 33.3 Å². The number of alkyl halides is 2. The van der Waals surface area contributed by atoms with Crippen molar-refractivity contribution >= 4 is 42.3 Å². The van der Waals surface area contributed by atoms with Crippen molar-refractivity contribution in [3.05, 3.63) is 21.0 Å². The van der Waals surface area contributed by atoms with Crippen molar-refractivity contribution in [2.45, 2.75) is 18.2 Å². The van der Waals surface area contributed by atoms with E-state index in [2.05, 4.69) is 4.98 Å². The third-order valence-electron chi connectivity index (χ3n) is 1.62. The highest BCUT2D eigenvalue weighted by Crippen LogP contribution is 2.31. The minimum atomic E-state index is -4.20. The lowest BCUT2D eigenvalue weighted by Gasteiger charge is -2.08. The van der Waals surface area contributed by atoms with Crippen LogP contribution in [0.3, 0.4) is 0 Å². The van der Waals surface area contributed by atoms with E-state index in [9.17, 15) is 17.2 Å². The summed E-state index contributed by atoms with van der Waals surface area (Å²) < 4.78 is 47.6. The van der Waals surface area contributed by atoms with Gasteiger partial charge in [0.15, 0.2) is 0 Å². The molecule has 0 spiro atoms. The predicted octanol–water partition coefficient (Wildman–Crippen LogP) is 2.86. The third-order valence-corrected chi connectivity index (χ3v) is 3.65. The maximum atomic E-state index is 12.6. The van der Waals surface area contributed by atoms with E-state index in [1.54, 1.807) is 22.6 Å². The number of rotatable bonds is 2. The molecule has 0 fully saturated rings. The lowest BCUT2D eigenvalue weighted by Crippen LogP contribution is -2.05. The molecule has 1 aromatic heterocycles. The molecule has 1 heterocycles. The Morgan fingerprint density at radius 1 is 1.53 bits per heavy atom. The summed E-state index contributed by atoms with van der Waals surface area (Å²) in [4.78, 5) is 3.18. The maximum absolute atomic E-state index is 12.6. The molecule has 84 valence electrons. The summed E-state index contributed by atoms with van der Waals surface area (Å²) in [6, 6.07) is 1.01. The first kappa shape index (κ1) is 13.0. The van der Waals surface area contributed by atoms with E-state index in [0.717, 1.165) is 6.07 Å². The SMILES string of the molecule is Cc1nc(I)cc(C(F)F)c1S(=O)(=O)Cl. The number of aromatic nitrogens is 1. The lowest BCUT2D eigenvalue weighted by molar-refractivity contribution is 0.147. The zero-order valence-electron chi connectivity index (χ0n) is 7.34. The lowest BCUT2D eigenvalue weighted by atomic mass is 10.2. The second kappa shape index (κ2) is 4.46. The highest BCUT2D eigenvalue weighted by atomic mass is 127. The summed E-state index contributed by atoms with van der Waals surface area (Å²) in [6.45, 7) is 1.32. The summed E-state index contributed by atoms with van der Waals surface area (Å²) in [5, 5.41) is 0. The Morgan fingerprint density at radius 2 is 2.07 bits per heavy atom. The number of halogens is 4. The van der Waals surface area contributed by atoms with E-state index in [0.29, 0.717) is 3.70 Å². The van der Waals surface area contributed by atoms with Gasteiger partial charge in [0.2, 0.25) is 0 Å². The smallest absolute Gasteiger partial charge is 0.246 e. The number of pyridine rings is 1. The van der Waals surface area contributed by atoms with Crippen LogP contribution in [0, 0.1) is 10.6 Å². The molecule has 0 aliphatic rings. The van der Waals surface area contributed by atoms with Crippen molar-refractivity contribution in [3.8, 4) is 0 Å². The summed E-state index contributed by atoms with van der Waals surface area (Å²) >= 11 is 1.73. The number of hydrogen-bond donors (Lipinski definition) is 0. The second-order valence-electron chi connectivity index (χ2n) is 2.69. The van der Waals surface area contributed by atoms with Crippen molar-refractivity contribution in [1.82, 2.24) is 4.98 Å². The van der Waals surface area contributed by atoms with Gasteiger partial charge < -0.3 is 0 Å². The molecule has 0 unspecified atom stereocenters. The van der Waals surface area contributed by atoms with Crippen LogP contribution in [0.4, 0.5) is 8.78 Å². The van der Waals surface area contributed by atoms with Gasteiger partial charge in [0.1, 0.15) is 8.60 Å². The molecule has 0 aliphatic carbocycles. The number of hydrogen-bond acceptors (Lipinski definition) is 3. The second-order valence-corrected chi connectivity index (χ2v) is 6.30. The van der Waals surface area contributed by atoms with Crippen LogP contribution in [0.25, 0.3) is 0 Å². The summed E-state index contributed by atoms with van der Waals surface area (Å²) in [6.07, 6.45) is -2.90. The molecule has 0 radical (unpaired) electrons. The summed E-state index contributed by atoms with van der Waals surface area (Å²) in [5.74, 6) is 0. The van der Waals surface area contributed by atoms with Crippen molar-refractivity contribution in [2.75, 3.05) is 0 Å². The van der Waals surface area contributed by atoms with E-state index in [1.807, 2.05) is 0 Å². The number of aryl methyl sites for hydroxylation is 1. The van der Waals surface area contributed by atoms with Crippen molar-refractivity contribution in [1.29, 1.82) is 0 Å². The Kier molecular flexibility index (Phi) is 3.88. The first-order valence-electron chi connectivity index (χ1n) is 3.63. The first-order chi connectivity index (χ1) is 6.73. The van der Waals surface area contributed by atoms with Crippen LogP contribution < -0.4 is 0 Å². The zero-order chi connectivity index (χ0) is 11.8. The van der Waals surface area contributed by atoms with Gasteiger partial charge >= 0.3 is 0 Å². The van der Waals surface area contributed by atoms with E-state index >= 15 is 0 Å². The van der Waals surface area contributed by atoms with Crippen LogP contribution in [-0.4, -0.2) is 13.4 Å². The van der Waals surface area contributed by atoms with Crippen LogP contribution in [-0.2, 0) is 9.05 Å². The standard InChI is InChI=1S/C7H5ClF2INO2S/c1-3-6(15(8,13)14)4(7(9)10)2-5(11)12-3/h2,7H,1H3. The summed E-state index contributed by atoms with van der Waals surface area (Å²) in [5.41, 5.74) is -0.630. The third kappa shape index (κ3) is 2.97. The van der Waals surface area contributed by atoms with E-state index < -0.39 is 25.9 Å². The van der Waals surface area contributed by atoms with Gasteiger partial charge in [-0.3, -0.25) is 0 Å². The monoisotopic (exact) mass is 367 g/mol. The topological polar surface area (TPSA) is 47.0 Å². The van der Waals surface area contributed by atoms with Crippen molar-refractivity contribution in [3.63, 3.8) is 0 Å². The normalized spacial score (nSPS) is 12.1. The van der Waals surface area contributed by atoms with Crippen molar-refractivity contribution < 1.29 is 17.2 Å². The highest BCUT2D eigenvalue weighted by molar-refractivity contribution is 14.1. The van der Waals surface area contributed by atoms with Gasteiger partial charge in [0.25, 0.3) is 15.5 Å².